The second kappa shape index (κ2) is 6.50. The first-order valence-corrected chi connectivity index (χ1v) is 9.14. The summed E-state index contributed by atoms with van der Waals surface area (Å²) in [6.07, 6.45) is 3.96. The molecule has 2 heterocycles. The first-order chi connectivity index (χ1) is 13.7. The normalized spacial score (nSPS) is 14.5. The predicted octanol–water partition coefficient (Wildman–Crippen LogP) is 5.32. The lowest BCUT2D eigenvalue weighted by Gasteiger charge is -2.05. The van der Waals surface area contributed by atoms with E-state index < -0.39 is 0 Å². The Labute approximate surface area is 161 Å². The van der Waals surface area contributed by atoms with Crippen molar-refractivity contribution < 1.29 is 9.18 Å². The second-order valence-corrected chi connectivity index (χ2v) is 6.92. The topological polar surface area (TPSA) is 34.0 Å². The fourth-order valence-corrected chi connectivity index (χ4v) is 3.79. The van der Waals surface area contributed by atoms with E-state index in [9.17, 15) is 9.18 Å². The smallest absolute Gasteiger partial charge is 0.256 e. The molecule has 1 aromatic heterocycles. The molecule has 1 amide bonds. The van der Waals surface area contributed by atoms with E-state index in [1.807, 2.05) is 66.9 Å². The molecule has 4 aromatic rings. The van der Waals surface area contributed by atoms with E-state index in [4.69, 9.17) is 0 Å². The molecule has 0 unspecified atom stereocenters. The molecule has 0 spiro atoms. The molecule has 4 heteroatoms. The molecule has 0 saturated carbocycles. The lowest BCUT2D eigenvalue weighted by Crippen LogP contribution is -2.03. The average molecular weight is 368 g/mol. The summed E-state index contributed by atoms with van der Waals surface area (Å²) in [6, 6.07) is 22.4. The third kappa shape index (κ3) is 2.79. The van der Waals surface area contributed by atoms with Gasteiger partial charge in [0.1, 0.15) is 5.82 Å². The molecule has 1 N–H and O–H groups in total. The molecule has 0 radical (unpaired) electrons. The molecular weight excluding hydrogens is 351 g/mol. The molecule has 0 bridgehead atoms. The minimum atomic E-state index is -0.240. The van der Waals surface area contributed by atoms with Crippen molar-refractivity contribution in [2.24, 2.45) is 0 Å². The fraction of sp³-hybridized carbons (Fsp3) is 0.0417. The monoisotopic (exact) mass is 368 g/mol. The minimum absolute atomic E-state index is 0.0943. The molecule has 5 rings (SSSR count). The summed E-state index contributed by atoms with van der Waals surface area (Å²) in [5.41, 5.74) is 5.31. The summed E-state index contributed by atoms with van der Waals surface area (Å²) in [4.78, 5) is 12.5. The van der Waals surface area contributed by atoms with Crippen LogP contribution in [-0.4, -0.2) is 10.5 Å². The first kappa shape index (κ1) is 16.5. The SMILES string of the molecule is O=C1Nc2ccccc2/C1=C/c1cn(Cc2cccc(F)c2)c2ccccc12. The molecule has 0 aliphatic carbocycles. The number of carbonyl (C=O) groups excluding carboxylic acids is 1. The molecular formula is C24H17FN2O. The number of halogens is 1. The van der Waals surface area contributed by atoms with Gasteiger partial charge >= 0.3 is 0 Å². The standard InChI is InChI=1S/C24H17FN2O/c25-18-7-5-6-16(12-18)14-27-15-17(19-8-2-4-11-23(19)27)13-21-20-9-1-3-10-22(20)26-24(21)28/h1-13,15H,14H2,(H,26,28)/b21-13-. The summed E-state index contributed by atoms with van der Waals surface area (Å²) in [5.74, 6) is -0.335. The number of benzene rings is 3. The largest absolute Gasteiger partial charge is 0.342 e. The van der Waals surface area contributed by atoms with Crippen LogP contribution in [0.25, 0.3) is 22.6 Å². The number of amides is 1. The Morgan fingerprint density at radius 1 is 0.964 bits per heavy atom. The number of hydrogen-bond acceptors (Lipinski definition) is 1. The molecule has 0 fully saturated rings. The number of para-hydroxylation sites is 2. The highest BCUT2D eigenvalue weighted by atomic mass is 19.1. The third-order valence-corrected chi connectivity index (χ3v) is 5.07. The van der Waals surface area contributed by atoms with Crippen LogP contribution < -0.4 is 5.32 Å². The maximum atomic E-state index is 13.6. The molecule has 0 saturated heterocycles. The van der Waals surface area contributed by atoms with Gasteiger partial charge in [-0.25, -0.2) is 4.39 Å². The van der Waals surface area contributed by atoms with E-state index in [1.165, 1.54) is 6.07 Å². The summed E-state index contributed by atoms with van der Waals surface area (Å²) in [6.45, 7) is 0.560. The van der Waals surface area contributed by atoms with E-state index in [0.717, 1.165) is 33.3 Å². The molecule has 28 heavy (non-hydrogen) atoms. The second-order valence-electron chi connectivity index (χ2n) is 6.92. The van der Waals surface area contributed by atoms with Gasteiger partial charge in [0.2, 0.25) is 0 Å². The van der Waals surface area contributed by atoms with Gasteiger partial charge in [-0.05, 0) is 35.9 Å². The van der Waals surface area contributed by atoms with Crippen LogP contribution in [0.1, 0.15) is 16.7 Å². The Balaban J connectivity index is 1.62. The van der Waals surface area contributed by atoms with Gasteiger partial charge in [-0.1, -0.05) is 48.5 Å². The van der Waals surface area contributed by atoms with Crippen LogP contribution >= 0.6 is 0 Å². The highest BCUT2D eigenvalue weighted by Gasteiger charge is 2.23. The van der Waals surface area contributed by atoms with Crippen LogP contribution in [0.4, 0.5) is 10.1 Å². The van der Waals surface area contributed by atoms with Gasteiger partial charge in [0.25, 0.3) is 5.91 Å². The van der Waals surface area contributed by atoms with Crippen molar-refractivity contribution in [1.29, 1.82) is 0 Å². The summed E-state index contributed by atoms with van der Waals surface area (Å²) < 4.78 is 15.7. The average Bonchev–Trinajstić information content (AvgIpc) is 3.20. The number of fused-ring (bicyclic) bond motifs is 2. The van der Waals surface area contributed by atoms with Crippen molar-refractivity contribution in [2.75, 3.05) is 5.32 Å². The van der Waals surface area contributed by atoms with Gasteiger partial charge < -0.3 is 9.88 Å². The van der Waals surface area contributed by atoms with Gasteiger partial charge in [0.15, 0.2) is 0 Å². The number of anilines is 1. The van der Waals surface area contributed by atoms with E-state index in [0.29, 0.717) is 12.1 Å². The molecule has 136 valence electrons. The summed E-state index contributed by atoms with van der Waals surface area (Å²) in [5, 5.41) is 3.97. The maximum Gasteiger partial charge on any atom is 0.256 e. The van der Waals surface area contributed by atoms with Gasteiger partial charge in [0, 0.05) is 46.0 Å². The number of nitrogens with zero attached hydrogens (tertiary/aromatic N) is 1. The molecule has 3 nitrogen and oxygen atoms in total. The highest BCUT2D eigenvalue weighted by molar-refractivity contribution is 6.35. The quantitative estimate of drug-likeness (QED) is 0.488. The maximum absolute atomic E-state index is 13.6. The van der Waals surface area contributed by atoms with E-state index in [-0.39, 0.29) is 11.7 Å². The molecule has 0 atom stereocenters. The Morgan fingerprint density at radius 2 is 1.79 bits per heavy atom. The minimum Gasteiger partial charge on any atom is -0.342 e. The highest BCUT2D eigenvalue weighted by Crippen LogP contribution is 2.34. The lowest BCUT2D eigenvalue weighted by atomic mass is 10.0. The van der Waals surface area contributed by atoms with E-state index >= 15 is 0 Å². The Hall–Kier alpha value is -3.66. The lowest BCUT2D eigenvalue weighted by molar-refractivity contribution is -0.110. The van der Waals surface area contributed by atoms with Gasteiger partial charge in [-0.2, -0.15) is 0 Å². The zero-order valence-electron chi connectivity index (χ0n) is 15.0. The number of nitrogens with one attached hydrogen (secondary N) is 1. The fourth-order valence-electron chi connectivity index (χ4n) is 3.79. The van der Waals surface area contributed by atoms with Crippen LogP contribution in [0.5, 0.6) is 0 Å². The number of carbonyl (C=O) groups is 1. The third-order valence-electron chi connectivity index (χ3n) is 5.07. The van der Waals surface area contributed by atoms with Crippen LogP contribution in [0.2, 0.25) is 0 Å². The number of rotatable bonds is 3. The van der Waals surface area contributed by atoms with Crippen molar-refractivity contribution in [3.8, 4) is 0 Å². The van der Waals surface area contributed by atoms with E-state index in [1.54, 1.807) is 12.1 Å². The zero-order valence-corrected chi connectivity index (χ0v) is 15.0. The van der Waals surface area contributed by atoms with Crippen molar-refractivity contribution in [3.63, 3.8) is 0 Å². The predicted molar refractivity (Wildman–Crippen MR) is 110 cm³/mol. The number of aromatic nitrogens is 1. The van der Waals surface area contributed by atoms with Crippen molar-refractivity contribution in [1.82, 2.24) is 4.57 Å². The number of hydrogen-bond donors (Lipinski definition) is 1. The van der Waals surface area contributed by atoms with Gasteiger partial charge in [0.05, 0.1) is 0 Å². The molecule has 1 aliphatic heterocycles. The summed E-state index contributed by atoms with van der Waals surface area (Å²) in [7, 11) is 0. The van der Waals surface area contributed by atoms with Crippen molar-refractivity contribution >= 4 is 34.1 Å². The Kier molecular flexibility index (Phi) is 3.83. The first-order valence-electron chi connectivity index (χ1n) is 9.14. The van der Waals surface area contributed by atoms with Gasteiger partial charge in [-0.3, -0.25) is 4.79 Å². The van der Waals surface area contributed by atoms with Crippen LogP contribution in [0, 0.1) is 5.82 Å². The van der Waals surface area contributed by atoms with Gasteiger partial charge in [-0.15, -0.1) is 0 Å². The van der Waals surface area contributed by atoms with E-state index in [2.05, 4.69) is 9.88 Å². The molecule has 3 aromatic carbocycles. The Morgan fingerprint density at radius 3 is 2.68 bits per heavy atom. The van der Waals surface area contributed by atoms with Crippen molar-refractivity contribution in [2.45, 2.75) is 6.54 Å². The zero-order chi connectivity index (χ0) is 19.1. The van der Waals surface area contributed by atoms with Crippen molar-refractivity contribution in [3.05, 3.63) is 102 Å². The molecule has 1 aliphatic rings. The summed E-state index contributed by atoms with van der Waals surface area (Å²) >= 11 is 0. The Bertz CT molecular complexity index is 1250. The van der Waals surface area contributed by atoms with Crippen LogP contribution in [0.3, 0.4) is 0 Å². The van der Waals surface area contributed by atoms with Crippen LogP contribution in [0.15, 0.2) is 79.0 Å². The van der Waals surface area contributed by atoms with Crippen LogP contribution in [-0.2, 0) is 11.3 Å².